The first kappa shape index (κ1) is 16.3. The monoisotopic (exact) mass is 320 g/mol. The highest BCUT2D eigenvalue weighted by Crippen LogP contribution is 2.30. The molecule has 0 unspecified atom stereocenters. The molecular formula is C17H28N4O2. The first-order chi connectivity index (χ1) is 11.2. The van der Waals surface area contributed by atoms with Crippen molar-refractivity contribution >= 4 is 5.96 Å². The summed E-state index contributed by atoms with van der Waals surface area (Å²) in [7, 11) is 1.84. The van der Waals surface area contributed by atoms with Gasteiger partial charge in [0.1, 0.15) is 5.76 Å². The van der Waals surface area contributed by atoms with Crippen LogP contribution in [0.15, 0.2) is 9.52 Å². The normalized spacial score (nSPS) is 20.1. The largest absolute Gasteiger partial charge is 0.378 e. The Morgan fingerprint density at radius 1 is 1.30 bits per heavy atom. The number of rotatable bonds is 5. The van der Waals surface area contributed by atoms with E-state index >= 15 is 0 Å². The first-order valence-corrected chi connectivity index (χ1v) is 8.66. The van der Waals surface area contributed by atoms with Gasteiger partial charge in [-0.25, -0.2) is 0 Å². The second-order valence-corrected chi connectivity index (χ2v) is 6.67. The number of guanidine groups is 1. The lowest BCUT2D eigenvalue weighted by molar-refractivity contribution is 0.0131. The van der Waals surface area contributed by atoms with Crippen molar-refractivity contribution in [3.05, 3.63) is 17.0 Å². The molecule has 1 saturated carbocycles. The van der Waals surface area contributed by atoms with Crippen molar-refractivity contribution in [2.75, 3.05) is 26.7 Å². The molecule has 1 aromatic heterocycles. The van der Waals surface area contributed by atoms with Gasteiger partial charge < -0.3 is 19.5 Å². The Kier molecular flexibility index (Phi) is 5.20. The summed E-state index contributed by atoms with van der Waals surface area (Å²) in [6.45, 7) is 7.57. The molecule has 23 heavy (non-hydrogen) atoms. The molecule has 2 fully saturated rings. The fraction of sp³-hybridized carbons (Fsp3) is 0.765. The van der Waals surface area contributed by atoms with E-state index in [2.05, 4.69) is 20.4 Å². The van der Waals surface area contributed by atoms with Gasteiger partial charge in [-0.1, -0.05) is 5.16 Å². The van der Waals surface area contributed by atoms with Gasteiger partial charge in [-0.3, -0.25) is 4.99 Å². The molecule has 0 radical (unpaired) electrons. The Labute approximate surface area is 138 Å². The average molecular weight is 320 g/mol. The van der Waals surface area contributed by atoms with E-state index in [4.69, 9.17) is 9.26 Å². The van der Waals surface area contributed by atoms with Crippen LogP contribution in [0.3, 0.4) is 0 Å². The van der Waals surface area contributed by atoms with E-state index in [0.717, 1.165) is 61.4 Å². The predicted octanol–water partition coefficient (Wildman–Crippen LogP) is 2.26. The molecule has 1 aromatic rings. The fourth-order valence-electron chi connectivity index (χ4n) is 3.04. The van der Waals surface area contributed by atoms with Crippen molar-refractivity contribution in [2.45, 2.75) is 52.2 Å². The van der Waals surface area contributed by atoms with Crippen molar-refractivity contribution < 1.29 is 9.26 Å². The highest BCUT2D eigenvalue weighted by atomic mass is 16.5. The smallest absolute Gasteiger partial charge is 0.193 e. The topological polar surface area (TPSA) is 62.9 Å². The Balaban J connectivity index is 1.45. The van der Waals surface area contributed by atoms with E-state index in [1.165, 1.54) is 12.8 Å². The molecule has 1 aliphatic heterocycles. The minimum absolute atomic E-state index is 0.424. The molecule has 0 atom stereocenters. The number of hydrogen-bond acceptors (Lipinski definition) is 4. The minimum atomic E-state index is 0.424. The Morgan fingerprint density at radius 3 is 2.61 bits per heavy atom. The molecule has 0 spiro atoms. The molecule has 2 heterocycles. The van der Waals surface area contributed by atoms with Gasteiger partial charge in [0.05, 0.1) is 11.8 Å². The summed E-state index contributed by atoms with van der Waals surface area (Å²) in [5, 5.41) is 7.43. The van der Waals surface area contributed by atoms with E-state index in [-0.39, 0.29) is 0 Å². The third kappa shape index (κ3) is 4.25. The third-order valence-electron chi connectivity index (χ3n) is 4.82. The summed E-state index contributed by atoms with van der Waals surface area (Å²) in [4.78, 5) is 6.73. The molecule has 2 aliphatic rings. The summed E-state index contributed by atoms with van der Waals surface area (Å²) in [5.41, 5.74) is 2.06. The quantitative estimate of drug-likeness (QED) is 0.666. The van der Waals surface area contributed by atoms with Crippen LogP contribution in [0.25, 0.3) is 0 Å². The van der Waals surface area contributed by atoms with Gasteiger partial charge in [0, 0.05) is 38.9 Å². The van der Waals surface area contributed by atoms with Crippen molar-refractivity contribution in [3.8, 4) is 0 Å². The third-order valence-corrected chi connectivity index (χ3v) is 4.82. The van der Waals surface area contributed by atoms with E-state index < -0.39 is 0 Å². The van der Waals surface area contributed by atoms with Crippen LogP contribution in [0.2, 0.25) is 0 Å². The van der Waals surface area contributed by atoms with Crippen molar-refractivity contribution in [1.82, 2.24) is 15.4 Å². The van der Waals surface area contributed by atoms with E-state index in [1.807, 2.05) is 20.9 Å². The van der Waals surface area contributed by atoms with Gasteiger partial charge in [-0.05, 0) is 45.4 Å². The Hall–Kier alpha value is -1.56. The maximum Gasteiger partial charge on any atom is 0.193 e. The summed E-state index contributed by atoms with van der Waals surface area (Å²) >= 11 is 0. The van der Waals surface area contributed by atoms with Gasteiger partial charge in [-0.2, -0.15) is 0 Å². The maximum atomic E-state index is 6.01. The number of hydrogen-bond donors (Lipinski definition) is 1. The molecule has 0 amide bonds. The predicted molar refractivity (Wildman–Crippen MR) is 89.4 cm³/mol. The number of aryl methyl sites for hydroxylation is 2. The van der Waals surface area contributed by atoms with Gasteiger partial charge in [0.2, 0.25) is 0 Å². The van der Waals surface area contributed by atoms with Crippen molar-refractivity contribution in [2.24, 2.45) is 10.9 Å². The lowest BCUT2D eigenvalue weighted by Crippen LogP contribution is -2.46. The van der Waals surface area contributed by atoms with Gasteiger partial charge >= 0.3 is 0 Å². The molecule has 1 aliphatic carbocycles. The van der Waals surface area contributed by atoms with E-state index in [0.29, 0.717) is 12.6 Å². The van der Waals surface area contributed by atoms with Gasteiger partial charge in [-0.15, -0.1) is 0 Å². The highest BCUT2D eigenvalue weighted by Gasteiger charge is 2.26. The number of piperidine rings is 1. The zero-order valence-corrected chi connectivity index (χ0v) is 14.5. The number of aromatic nitrogens is 1. The van der Waals surface area contributed by atoms with Crippen LogP contribution in [0.1, 0.15) is 42.7 Å². The van der Waals surface area contributed by atoms with Crippen LogP contribution in [0.4, 0.5) is 0 Å². The molecule has 6 heteroatoms. The van der Waals surface area contributed by atoms with E-state index in [1.54, 1.807) is 0 Å². The molecule has 1 saturated heterocycles. The Bertz CT molecular complexity index is 523. The second kappa shape index (κ2) is 7.34. The molecular weight excluding hydrogens is 292 g/mol. The SMILES string of the molecule is CN=C(NCc1c(C)noc1C)N1CCC(OCC2CC2)CC1. The van der Waals surface area contributed by atoms with Crippen molar-refractivity contribution in [1.29, 1.82) is 0 Å². The maximum absolute atomic E-state index is 6.01. The molecule has 3 rings (SSSR count). The Morgan fingerprint density at radius 2 is 2.04 bits per heavy atom. The number of nitrogens with zero attached hydrogens (tertiary/aromatic N) is 3. The zero-order valence-electron chi connectivity index (χ0n) is 14.5. The lowest BCUT2D eigenvalue weighted by atomic mass is 10.1. The van der Waals surface area contributed by atoms with Crippen LogP contribution < -0.4 is 5.32 Å². The number of ether oxygens (including phenoxy) is 1. The lowest BCUT2D eigenvalue weighted by Gasteiger charge is -2.34. The van der Waals surface area contributed by atoms with Crippen LogP contribution in [0.5, 0.6) is 0 Å². The second-order valence-electron chi connectivity index (χ2n) is 6.67. The van der Waals surface area contributed by atoms with Crippen LogP contribution >= 0.6 is 0 Å². The molecule has 1 N–H and O–H groups in total. The number of likely N-dealkylation sites (tertiary alicyclic amines) is 1. The molecule has 0 aromatic carbocycles. The van der Waals surface area contributed by atoms with Crippen molar-refractivity contribution in [3.63, 3.8) is 0 Å². The summed E-state index contributed by atoms with van der Waals surface area (Å²) in [5.74, 6) is 2.67. The average Bonchev–Trinajstić information content (AvgIpc) is 3.34. The molecule has 0 bridgehead atoms. The highest BCUT2D eigenvalue weighted by molar-refractivity contribution is 5.80. The van der Waals surface area contributed by atoms with Crippen LogP contribution in [-0.4, -0.2) is 48.9 Å². The molecule has 128 valence electrons. The fourth-order valence-corrected chi connectivity index (χ4v) is 3.04. The van der Waals surface area contributed by atoms with E-state index in [9.17, 15) is 0 Å². The van der Waals surface area contributed by atoms with Crippen LogP contribution in [0, 0.1) is 19.8 Å². The standard InChI is InChI=1S/C17H28N4O2/c1-12-16(13(2)23-20-12)10-19-17(18-3)21-8-6-15(7-9-21)22-11-14-4-5-14/h14-15H,4-11H2,1-3H3,(H,18,19). The minimum Gasteiger partial charge on any atom is -0.378 e. The first-order valence-electron chi connectivity index (χ1n) is 8.66. The van der Waals surface area contributed by atoms with Gasteiger partial charge in [0.25, 0.3) is 0 Å². The summed E-state index contributed by atoms with van der Waals surface area (Å²) in [6.07, 6.45) is 5.30. The zero-order chi connectivity index (χ0) is 16.2. The van der Waals surface area contributed by atoms with Gasteiger partial charge in [0.15, 0.2) is 5.96 Å². The molecule has 6 nitrogen and oxygen atoms in total. The summed E-state index contributed by atoms with van der Waals surface area (Å²) in [6, 6.07) is 0. The number of nitrogens with one attached hydrogen (secondary N) is 1. The van der Waals surface area contributed by atoms with Crippen LogP contribution in [-0.2, 0) is 11.3 Å². The number of aliphatic imine (C=N–C) groups is 1. The summed E-state index contributed by atoms with van der Waals surface area (Å²) < 4.78 is 11.2.